The van der Waals surface area contributed by atoms with E-state index in [1.54, 1.807) is 0 Å². The lowest BCUT2D eigenvalue weighted by Crippen LogP contribution is -2.34. The minimum absolute atomic E-state index is 0.466. The van der Waals surface area contributed by atoms with Crippen LogP contribution in [0.15, 0.2) is 18.2 Å². The molecule has 0 spiro atoms. The fourth-order valence-corrected chi connectivity index (χ4v) is 3.56. The van der Waals surface area contributed by atoms with E-state index in [2.05, 4.69) is 37.4 Å². The van der Waals surface area contributed by atoms with E-state index in [1.165, 1.54) is 36.0 Å². The van der Waals surface area contributed by atoms with E-state index >= 15 is 0 Å². The SMILES string of the molecule is CCNC(CC1CC(OCC)C1)c1ccc2c(c1)COC2. The van der Waals surface area contributed by atoms with Gasteiger partial charge in [-0.05, 0) is 55.3 Å². The summed E-state index contributed by atoms with van der Waals surface area (Å²) in [5.74, 6) is 0.801. The van der Waals surface area contributed by atoms with Crippen molar-refractivity contribution in [2.24, 2.45) is 5.92 Å². The van der Waals surface area contributed by atoms with Crippen LogP contribution in [-0.4, -0.2) is 19.3 Å². The smallest absolute Gasteiger partial charge is 0.0725 e. The highest BCUT2D eigenvalue weighted by Gasteiger charge is 2.31. The van der Waals surface area contributed by atoms with Crippen LogP contribution in [0.2, 0.25) is 0 Å². The van der Waals surface area contributed by atoms with Gasteiger partial charge in [0.25, 0.3) is 0 Å². The van der Waals surface area contributed by atoms with Gasteiger partial charge in [0.2, 0.25) is 0 Å². The number of benzene rings is 1. The Labute approximate surface area is 128 Å². The Bertz CT molecular complexity index is 468. The van der Waals surface area contributed by atoms with E-state index in [0.29, 0.717) is 12.1 Å². The molecule has 1 saturated carbocycles. The quantitative estimate of drug-likeness (QED) is 0.832. The molecular formula is C18H27NO2. The lowest BCUT2D eigenvalue weighted by molar-refractivity contribution is -0.0291. The first-order valence-electron chi connectivity index (χ1n) is 8.34. The number of hydrogen-bond acceptors (Lipinski definition) is 3. The Morgan fingerprint density at radius 2 is 2.05 bits per heavy atom. The predicted octanol–water partition coefficient (Wildman–Crippen LogP) is 3.57. The van der Waals surface area contributed by atoms with Gasteiger partial charge in [0.1, 0.15) is 0 Å². The zero-order chi connectivity index (χ0) is 14.7. The monoisotopic (exact) mass is 289 g/mol. The summed E-state index contributed by atoms with van der Waals surface area (Å²) in [6.07, 6.45) is 4.18. The van der Waals surface area contributed by atoms with Crippen LogP contribution in [0.3, 0.4) is 0 Å². The third kappa shape index (κ3) is 3.47. The molecule has 1 atom stereocenters. The number of nitrogens with one attached hydrogen (secondary N) is 1. The highest BCUT2D eigenvalue weighted by atomic mass is 16.5. The molecule has 0 aromatic heterocycles. The molecule has 3 rings (SSSR count). The van der Waals surface area contributed by atoms with Gasteiger partial charge in [0.15, 0.2) is 0 Å². The van der Waals surface area contributed by atoms with Gasteiger partial charge in [0.05, 0.1) is 19.3 Å². The fraction of sp³-hybridized carbons (Fsp3) is 0.667. The van der Waals surface area contributed by atoms with E-state index < -0.39 is 0 Å². The summed E-state index contributed by atoms with van der Waals surface area (Å²) in [6.45, 7) is 7.69. The van der Waals surface area contributed by atoms with Crippen molar-refractivity contribution in [3.8, 4) is 0 Å². The van der Waals surface area contributed by atoms with Crippen LogP contribution < -0.4 is 5.32 Å². The van der Waals surface area contributed by atoms with Crippen molar-refractivity contribution in [2.75, 3.05) is 13.2 Å². The first-order chi connectivity index (χ1) is 10.3. The topological polar surface area (TPSA) is 30.5 Å². The van der Waals surface area contributed by atoms with Gasteiger partial charge in [-0.15, -0.1) is 0 Å². The second kappa shape index (κ2) is 6.91. The molecule has 1 heterocycles. The second-order valence-electron chi connectivity index (χ2n) is 6.28. The maximum atomic E-state index is 5.68. The Morgan fingerprint density at radius 3 is 2.81 bits per heavy atom. The van der Waals surface area contributed by atoms with Crippen molar-refractivity contribution in [1.29, 1.82) is 0 Å². The second-order valence-corrected chi connectivity index (χ2v) is 6.28. The fourth-order valence-electron chi connectivity index (χ4n) is 3.56. The van der Waals surface area contributed by atoms with Gasteiger partial charge < -0.3 is 14.8 Å². The standard InChI is InChI=1S/C18H27NO2/c1-3-19-18(9-13-7-17(8-13)21-4-2)14-5-6-15-11-20-12-16(15)10-14/h5-6,10,13,17-19H,3-4,7-9,11-12H2,1-2H3. The Morgan fingerprint density at radius 1 is 1.24 bits per heavy atom. The van der Waals surface area contributed by atoms with Crippen molar-refractivity contribution in [3.05, 3.63) is 34.9 Å². The van der Waals surface area contributed by atoms with E-state index in [0.717, 1.165) is 32.3 Å². The molecule has 0 saturated heterocycles. The summed E-state index contributed by atoms with van der Waals surface area (Å²) in [6, 6.07) is 7.33. The molecule has 1 N–H and O–H groups in total. The highest BCUT2D eigenvalue weighted by molar-refractivity contribution is 5.34. The molecule has 21 heavy (non-hydrogen) atoms. The first kappa shape index (κ1) is 15.0. The molecule has 0 amide bonds. The first-order valence-corrected chi connectivity index (χ1v) is 8.34. The van der Waals surface area contributed by atoms with Crippen LogP contribution in [0.25, 0.3) is 0 Å². The number of rotatable bonds is 7. The normalized spacial score (nSPS) is 25.4. The summed E-state index contributed by atoms with van der Waals surface area (Å²) in [5.41, 5.74) is 4.14. The van der Waals surface area contributed by atoms with Crippen molar-refractivity contribution < 1.29 is 9.47 Å². The molecule has 2 aliphatic rings. The van der Waals surface area contributed by atoms with Crippen LogP contribution in [0.1, 0.15) is 55.8 Å². The highest BCUT2D eigenvalue weighted by Crippen LogP contribution is 2.37. The summed E-state index contributed by atoms with van der Waals surface area (Å²) < 4.78 is 11.2. The number of fused-ring (bicyclic) bond motifs is 1. The van der Waals surface area contributed by atoms with E-state index in [4.69, 9.17) is 9.47 Å². The largest absolute Gasteiger partial charge is 0.378 e. The average molecular weight is 289 g/mol. The summed E-state index contributed by atoms with van der Waals surface area (Å²) in [7, 11) is 0. The van der Waals surface area contributed by atoms with Gasteiger partial charge in [0, 0.05) is 12.6 Å². The molecule has 3 heteroatoms. The molecule has 1 aromatic carbocycles. The Balaban J connectivity index is 1.62. The number of hydrogen-bond donors (Lipinski definition) is 1. The molecule has 0 bridgehead atoms. The van der Waals surface area contributed by atoms with E-state index in [1.807, 2.05) is 0 Å². The average Bonchev–Trinajstić information content (AvgIpc) is 2.91. The third-order valence-electron chi connectivity index (χ3n) is 4.76. The lowest BCUT2D eigenvalue weighted by atomic mass is 9.77. The Kier molecular flexibility index (Phi) is 4.94. The van der Waals surface area contributed by atoms with Gasteiger partial charge in [-0.1, -0.05) is 25.1 Å². The van der Waals surface area contributed by atoms with Gasteiger partial charge >= 0.3 is 0 Å². The molecule has 3 nitrogen and oxygen atoms in total. The van der Waals surface area contributed by atoms with Crippen molar-refractivity contribution in [2.45, 2.75) is 58.5 Å². The minimum Gasteiger partial charge on any atom is -0.378 e. The molecule has 1 aliphatic carbocycles. The third-order valence-corrected chi connectivity index (χ3v) is 4.76. The maximum Gasteiger partial charge on any atom is 0.0725 e. The van der Waals surface area contributed by atoms with Gasteiger partial charge in [-0.2, -0.15) is 0 Å². The summed E-state index contributed by atoms with van der Waals surface area (Å²) in [4.78, 5) is 0. The Hall–Kier alpha value is -0.900. The van der Waals surface area contributed by atoms with Crippen LogP contribution in [0.5, 0.6) is 0 Å². The predicted molar refractivity (Wildman–Crippen MR) is 84.1 cm³/mol. The van der Waals surface area contributed by atoms with Gasteiger partial charge in [-0.25, -0.2) is 0 Å². The van der Waals surface area contributed by atoms with E-state index in [9.17, 15) is 0 Å². The molecule has 116 valence electrons. The molecule has 1 fully saturated rings. The van der Waals surface area contributed by atoms with Crippen molar-refractivity contribution >= 4 is 0 Å². The van der Waals surface area contributed by atoms with E-state index in [-0.39, 0.29) is 0 Å². The zero-order valence-electron chi connectivity index (χ0n) is 13.2. The van der Waals surface area contributed by atoms with Crippen LogP contribution in [0.4, 0.5) is 0 Å². The molecule has 1 aromatic rings. The zero-order valence-corrected chi connectivity index (χ0v) is 13.2. The van der Waals surface area contributed by atoms with Crippen molar-refractivity contribution in [3.63, 3.8) is 0 Å². The summed E-state index contributed by atoms with van der Waals surface area (Å²) in [5, 5.41) is 3.65. The van der Waals surface area contributed by atoms with Crippen molar-refractivity contribution in [1.82, 2.24) is 5.32 Å². The summed E-state index contributed by atoms with van der Waals surface area (Å²) >= 11 is 0. The minimum atomic E-state index is 0.466. The molecule has 1 aliphatic heterocycles. The lowest BCUT2D eigenvalue weighted by Gasteiger charge is -2.37. The number of ether oxygens (including phenoxy) is 2. The van der Waals surface area contributed by atoms with Crippen LogP contribution in [0, 0.1) is 5.92 Å². The van der Waals surface area contributed by atoms with Crippen LogP contribution in [-0.2, 0) is 22.7 Å². The molecule has 0 radical (unpaired) electrons. The molecular weight excluding hydrogens is 262 g/mol. The van der Waals surface area contributed by atoms with Crippen LogP contribution >= 0.6 is 0 Å². The maximum absolute atomic E-state index is 5.68. The molecule has 1 unspecified atom stereocenters. The van der Waals surface area contributed by atoms with Gasteiger partial charge in [-0.3, -0.25) is 0 Å².